The van der Waals surface area contributed by atoms with Crippen LogP contribution in [0.5, 0.6) is 0 Å². The SMILES string of the molecule is CC1(C)c2ccccc2-c2cc3c4cc(Br)ccc4n(-c4cccc(-c5nc(-c6ccccc6)nc(-c6ccccc6)n5)c4)c3cc21.CC1(C)c2ccccc2-c2cc3c4ccccc4n(-c4cccc(-c5nc(-c6ccccc6)nc(-c6ccccc6)n5)c4)c3cc21. The number of rotatable bonds is 8. The minimum atomic E-state index is -0.101. The molecule has 2 aliphatic carbocycles. The van der Waals surface area contributed by atoms with E-state index in [-0.39, 0.29) is 10.8 Å². The van der Waals surface area contributed by atoms with Crippen LogP contribution in [0.3, 0.4) is 0 Å². The molecule has 0 saturated heterocycles. The number of para-hydroxylation sites is 1. The largest absolute Gasteiger partial charge is 0.309 e. The quantitative estimate of drug-likeness (QED) is 0.151. The van der Waals surface area contributed by atoms with Crippen LogP contribution in [0.25, 0.3) is 146 Å². The van der Waals surface area contributed by atoms with Crippen molar-refractivity contribution in [3.05, 3.63) is 312 Å². The zero-order chi connectivity index (χ0) is 62.5. The lowest BCUT2D eigenvalue weighted by molar-refractivity contribution is 0.661. The first-order chi connectivity index (χ1) is 45.5. The second-order valence-electron chi connectivity index (χ2n) is 25.2. The molecule has 9 heteroatoms. The second kappa shape index (κ2) is 22.0. The predicted molar refractivity (Wildman–Crippen MR) is 384 cm³/mol. The average Bonchev–Trinajstić information content (AvgIpc) is 1.56. The number of hydrogen-bond acceptors (Lipinski definition) is 6. The normalized spacial score (nSPS) is 13.2. The van der Waals surface area contributed by atoms with Gasteiger partial charge in [0.05, 0.1) is 22.1 Å². The van der Waals surface area contributed by atoms with Crippen LogP contribution in [0.15, 0.2) is 290 Å². The summed E-state index contributed by atoms with van der Waals surface area (Å²) in [5.41, 5.74) is 23.1. The minimum Gasteiger partial charge on any atom is -0.309 e. The smallest absolute Gasteiger partial charge is 0.164 e. The molecule has 0 atom stereocenters. The fourth-order valence-corrected chi connectivity index (χ4v) is 14.7. The highest BCUT2D eigenvalue weighted by Crippen LogP contribution is 2.53. The summed E-state index contributed by atoms with van der Waals surface area (Å²) in [6.07, 6.45) is 0. The highest BCUT2D eigenvalue weighted by Gasteiger charge is 2.38. The number of aromatic nitrogens is 8. The van der Waals surface area contributed by atoms with Crippen molar-refractivity contribution in [3.8, 4) is 102 Å². The molecule has 0 fully saturated rings. The molecule has 0 amide bonds. The molecule has 0 radical (unpaired) electrons. The van der Waals surface area contributed by atoms with Gasteiger partial charge in [-0.05, 0) is 117 Å². The van der Waals surface area contributed by atoms with Crippen LogP contribution in [0.1, 0.15) is 49.9 Å². The Morgan fingerprint density at radius 3 is 1.01 bits per heavy atom. The minimum absolute atomic E-state index is 0.0875. The molecule has 0 spiro atoms. The van der Waals surface area contributed by atoms with Gasteiger partial charge in [-0.1, -0.05) is 256 Å². The molecule has 0 bridgehead atoms. The zero-order valence-electron chi connectivity index (χ0n) is 51.6. The standard InChI is InChI=1S/C42H29BrN4.C42H30N4/c1-42(2)35-19-10-9-18-31(35)32-24-34-33-23-29(43)20-21-37(33)47(38(34)25-36(32)42)30-17-11-16-28(22-30)41-45-39(26-12-5-3-6-13-26)44-40(46-41)27-14-7-4-8-15-27;1-42(2)35-22-11-9-20-31(35)33-25-34-32-21-10-12-23-37(32)46(38(34)26-36(33)42)30-19-13-18-29(24-30)41-44-39(27-14-5-3-6-15-27)43-40(45-41)28-16-7-4-8-17-28/h3-25H,1-2H3;3-26H,1-2H3. The molecule has 0 N–H and O–H groups in total. The van der Waals surface area contributed by atoms with E-state index in [2.05, 4.69) is 217 Å². The van der Waals surface area contributed by atoms with Gasteiger partial charge < -0.3 is 9.13 Å². The summed E-state index contributed by atoms with van der Waals surface area (Å²) in [5.74, 6) is 3.90. The first kappa shape index (κ1) is 55.8. The summed E-state index contributed by atoms with van der Waals surface area (Å²) >= 11 is 3.75. The molecular weight excluding hydrogens is 1200 g/mol. The van der Waals surface area contributed by atoms with Crippen LogP contribution >= 0.6 is 15.9 Å². The summed E-state index contributed by atoms with van der Waals surface area (Å²) in [6, 6.07) is 100. The predicted octanol–water partition coefficient (Wildman–Crippen LogP) is 21.3. The Hall–Kier alpha value is -11.3. The van der Waals surface area contributed by atoms with Gasteiger partial charge in [-0.15, -0.1) is 0 Å². The maximum absolute atomic E-state index is 5.01. The number of fused-ring (bicyclic) bond motifs is 12. The molecule has 4 heterocycles. The fraction of sp³-hybridized carbons (Fsp3) is 0.0714. The third-order valence-corrected chi connectivity index (χ3v) is 19.4. The maximum Gasteiger partial charge on any atom is 0.164 e. The Balaban J connectivity index is 0.000000142. The number of hydrogen-bond donors (Lipinski definition) is 0. The summed E-state index contributed by atoms with van der Waals surface area (Å²) < 4.78 is 5.84. The van der Waals surface area contributed by atoms with Crippen LogP contribution in [0.2, 0.25) is 0 Å². The zero-order valence-corrected chi connectivity index (χ0v) is 53.2. The first-order valence-corrected chi connectivity index (χ1v) is 32.3. The molecule has 12 aromatic carbocycles. The summed E-state index contributed by atoms with van der Waals surface area (Å²) in [4.78, 5) is 29.8. The Morgan fingerprint density at radius 2 is 0.581 bits per heavy atom. The highest BCUT2D eigenvalue weighted by molar-refractivity contribution is 9.10. The van der Waals surface area contributed by atoms with E-state index in [0.717, 1.165) is 54.7 Å². The van der Waals surface area contributed by atoms with E-state index in [1.807, 2.05) is 121 Å². The molecule has 8 nitrogen and oxygen atoms in total. The Morgan fingerprint density at radius 1 is 0.247 bits per heavy atom. The molecular formula is C84H59BrN8. The number of nitrogens with zero attached hydrogens (tertiary/aromatic N) is 8. The van der Waals surface area contributed by atoms with E-state index in [1.54, 1.807) is 0 Å². The molecule has 16 aromatic rings. The molecule has 2 aliphatic rings. The number of benzene rings is 12. The molecule has 0 aliphatic heterocycles. The van der Waals surface area contributed by atoms with Crippen molar-refractivity contribution in [2.75, 3.05) is 0 Å². The van der Waals surface area contributed by atoms with Crippen molar-refractivity contribution in [2.24, 2.45) is 0 Å². The Labute approximate surface area is 547 Å². The van der Waals surface area contributed by atoms with Gasteiger partial charge in [0.25, 0.3) is 0 Å². The lowest BCUT2D eigenvalue weighted by atomic mass is 9.82. The van der Waals surface area contributed by atoms with Gasteiger partial charge in [-0.3, -0.25) is 0 Å². The van der Waals surface area contributed by atoms with Gasteiger partial charge >= 0.3 is 0 Å². The van der Waals surface area contributed by atoms with Gasteiger partial charge in [0.1, 0.15) is 0 Å². The monoisotopic (exact) mass is 1260 g/mol. The third-order valence-electron chi connectivity index (χ3n) is 18.9. The van der Waals surface area contributed by atoms with E-state index in [9.17, 15) is 0 Å². The molecule has 93 heavy (non-hydrogen) atoms. The van der Waals surface area contributed by atoms with Gasteiger partial charge in [0.2, 0.25) is 0 Å². The Kier molecular flexibility index (Phi) is 13.2. The van der Waals surface area contributed by atoms with Gasteiger partial charge in [0, 0.05) is 81.6 Å². The van der Waals surface area contributed by atoms with Crippen LogP contribution < -0.4 is 0 Å². The van der Waals surface area contributed by atoms with Crippen molar-refractivity contribution in [1.82, 2.24) is 39.0 Å². The van der Waals surface area contributed by atoms with E-state index in [0.29, 0.717) is 34.9 Å². The Bertz CT molecular complexity index is 5520. The van der Waals surface area contributed by atoms with Crippen molar-refractivity contribution >= 4 is 59.5 Å². The fourth-order valence-electron chi connectivity index (χ4n) is 14.3. The van der Waals surface area contributed by atoms with Crippen molar-refractivity contribution in [2.45, 2.75) is 38.5 Å². The summed E-state index contributed by atoms with van der Waals surface area (Å²) in [7, 11) is 0. The number of halogens is 1. The molecule has 442 valence electrons. The van der Waals surface area contributed by atoms with E-state index >= 15 is 0 Å². The van der Waals surface area contributed by atoms with E-state index in [1.165, 1.54) is 82.6 Å². The lowest BCUT2D eigenvalue weighted by Crippen LogP contribution is -2.15. The molecule has 4 aromatic heterocycles. The molecule has 0 saturated carbocycles. The summed E-state index contributed by atoms with van der Waals surface area (Å²) in [5, 5.41) is 4.94. The van der Waals surface area contributed by atoms with E-state index < -0.39 is 0 Å². The van der Waals surface area contributed by atoms with Crippen LogP contribution in [0.4, 0.5) is 0 Å². The lowest BCUT2D eigenvalue weighted by Gasteiger charge is -2.21. The second-order valence-corrected chi connectivity index (χ2v) is 26.1. The topological polar surface area (TPSA) is 87.2 Å². The van der Waals surface area contributed by atoms with Crippen molar-refractivity contribution in [1.29, 1.82) is 0 Å². The first-order valence-electron chi connectivity index (χ1n) is 31.5. The van der Waals surface area contributed by atoms with Gasteiger partial charge in [-0.25, -0.2) is 29.9 Å². The molecule has 0 unspecified atom stereocenters. The summed E-state index contributed by atoms with van der Waals surface area (Å²) in [6.45, 7) is 9.35. The van der Waals surface area contributed by atoms with Crippen LogP contribution in [0, 0.1) is 0 Å². The maximum atomic E-state index is 5.01. The van der Waals surface area contributed by atoms with Crippen molar-refractivity contribution < 1.29 is 0 Å². The van der Waals surface area contributed by atoms with Crippen LogP contribution in [-0.4, -0.2) is 39.0 Å². The van der Waals surface area contributed by atoms with Crippen LogP contribution in [-0.2, 0) is 10.8 Å². The molecule has 18 rings (SSSR count). The highest BCUT2D eigenvalue weighted by atomic mass is 79.9. The van der Waals surface area contributed by atoms with Crippen molar-refractivity contribution in [3.63, 3.8) is 0 Å². The van der Waals surface area contributed by atoms with Gasteiger partial charge in [0.15, 0.2) is 34.9 Å². The third kappa shape index (κ3) is 9.40. The van der Waals surface area contributed by atoms with E-state index in [4.69, 9.17) is 29.9 Å². The van der Waals surface area contributed by atoms with Gasteiger partial charge in [-0.2, -0.15) is 0 Å². The average molecular weight is 1260 g/mol.